The summed E-state index contributed by atoms with van der Waals surface area (Å²) in [7, 11) is 5.41. The number of nitrogens with two attached hydrogens (primary N) is 1. The quantitative estimate of drug-likeness (QED) is 0.579. The highest BCUT2D eigenvalue weighted by Gasteiger charge is 2.24. The topological polar surface area (TPSA) is 112 Å². The zero-order chi connectivity index (χ0) is 20.8. The first-order valence-corrected chi connectivity index (χ1v) is 9.25. The normalized spacial score (nSPS) is 14.2. The molecular formula is C19H26N8O2. The van der Waals surface area contributed by atoms with E-state index in [9.17, 15) is 4.79 Å². The lowest BCUT2D eigenvalue weighted by molar-refractivity contribution is 0.208. The fourth-order valence-corrected chi connectivity index (χ4v) is 3.05. The summed E-state index contributed by atoms with van der Waals surface area (Å²) in [5.74, 6) is 1.01. The van der Waals surface area contributed by atoms with Gasteiger partial charge in [0.1, 0.15) is 25.1 Å². The molecule has 2 heterocycles. The van der Waals surface area contributed by atoms with Gasteiger partial charge in [-0.1, -0.05) is 5.16 Å². The highest BCUT2D eigenvalue weighted by Crippen LogP contribution is 2.22. The molecule has 3 N–H and O–H groups in total. The van der Waals surface area contributed by atoms with E-state index in [0.717, 1.165) is 11.4 Å². The first kappa shape index (κ1) is 20.2. The molecule has 1 aromatic carbocycles. The molecule has 29 heavy (non-hydrogen) atoms. The second-order valence-electron chi connectivity index (χ2n) is 6.76. The van der Waals surface area contributed by atoms with E-state index < -0.39 is 0 Å². The lowest BCUT2D eigenvalue weighted by atomic mass is 10.2. The molecule has 1 aromatic heterocycles. The van der Waals surface area contributed by atoms with Gasteiger partial charge < -0.3 is 30.6 Å². The third kappa shape index (κ3) is 4.84. The molecule has 1 aliphatic heterocycles. The molecule has 0 aliphatic carbocycles. The Hall–Kier alpha value is -3.56. The van der Waals surface area contributed by atoms with Crippen molar-refractivity contribution in [2.75, 3.05) is 68.2 Å². The van der Waals surface area contributed by atoms with Gasteiger partial charge in [0.05, 0.1) is 11.8 Å². The van der Waals surface area contributed by atoms with E-state index in [2.05, 4.69) is 25.3 Å². The van der Waals surface area contributed by atoms with Gasteiger partial charge >= 0.3 is 6.03 Å². The lowest BCUT2D eigenvalue weighted by Gasteiger charge is -2.35. The first-order chi connectivity index (χ1) is 14.0. The molecule has 1 aliphatic rings. The minimum absolute atomic E-state index is 0.120. The predicted octanol–water partition coefficient (Wildman–Crippen LogP) is 1.46. The number of carbonyl (C=O) groups is 1. The van der Waals surface area contributed by atoms with Gasteiger partial charge in [0.15, 0.2) is 0 Å². The minimum atomic E-state index is -0.120. The van der Waals surface area contributed by atoms with Crippen molar-refractivity contribution in [2.24, 2.45) is 5.16 Å². The van der Waals surface area contributed by atoms with Crippen molar-refractivity contribution in [3.63, 3.8) is 0 Å². The SMILES string of the molecule is CON=Cc1c(N)ncnc1N1CCN(C(=O)Nc2ccc(N(C)C)cc2)CC1. The van der Waals surface area contributed by atoms with E-state index in [-0.39, 0.29) is 6.03 Å². The van der Waals surface area contributed by atoms with Gasteiger partial charge in [0, 0.05) is 51.6 Å². The molecule has 0 spiro atoms. The van der Waals surface area contributed by atoms with Crippen LogP contribution in [-0.4, -0.2) is 74.5 Å². The summed E-state index contributed by atoms with van der Waals surface area (Å²) in [5.41, 5.74) is 8.41. The van der Waals surface area contributed by atoms with Crippen LogP contribution in [0.4, 0.5) is 27.8 Å². The smallest absolute Gasteiger partial charge is 0.321 e. The van der Waals surface area contributed by atoms with Gasteiger partial charge in [-0.2, -0.15) is 0 Å². The number of carbonyl (C=O) groups excluding carboxylic acids is 1. The van der Waals surface area contributed by atoms with Crippen LogP contribution in [0, 0.1) is 0 Å². The summed E-state index contributed by atoms with van der Waals surface area (Å²) in [6.45, 7) is 2.37. The van der Waals surface area contributed by atoms with Crippen LogP contribution < -0.4 is 20.9 Å². The summed E-state index contributed by atoms with van der Waals surface area (Å²) < 4.78 is 0. The number of benzene rings is 1. The van der Waals surface area contributed by atoms with Gasteiger partial charge in [-0.3, -0.25) is 0 Å². The molecule has 0 saturated carbocycles. The summed E-state index contributed by atoms with van der Waals surface area (Å²) in [4.78, 5) is 31.5. The van der Waals surface area contributed by atoms with Gasteiger partial charge in [-0.15, -0.1) is 0 Å². The highest BCUT2D eigenvalue weighted by molar-refractivity contribution is 5.92. The second-order valence-corrected chi connectivity index (χ2v) is 6.76. The van der Waals surface area contributed by atoms with Crippen LogP contribution in [0.5, 0.6) is 0 Å². The van der Waals surface area contributed by atoms with Crippen molar-refractivity contribution < 1.29 is 9.63 Å². The third-order valence-electron chi connectivity index (χ3n) is 4.68. The Bertz CT molecular complexity index is 861. The highest BCUT2D eigenvalue weighted by atomic mass is 16.6. The largest absolute Gasteiger partial charge is 0.399 e. The van der Waals surface area contributed by atoms with E-state index in [1.807, 2.05) is 43.3 Å². The number of rotatable bonds is 5. The van der Waals surface area contributed by atoms with Crippen molar-refractivity contribution >= 4 is 35.3 Å². The number of amides is 2. The number of urea groups is 1. The minimum Gasteiger partial charge on any atom is -0.399 e. The molecule has 1 saturated heterocycles. The Labute approximate surface area is 170 Å². The maximum Gasteiger partial charge on any atom is 0.321 e. The van der Waals surface area contributed by atoms with Crippen LogP contribution in [0.1, 0.15) is 5.56 Å². The number of piperazine rings is 1. The number of nitrogen functional groups attached to an aromatic ring is 1. The molecule has 0 bridgehead atoms. The van der Waals surface area contributed by atoms with Crippen molar-refractivity contribution in [2.45, 2.75) is 0 Å². The Kier molecular flexibility index (Phi) is 6.32. The molecule has 0 unspecified atom stereocenters. The Balaban J connectivity index is 1.61. The number of nitrogens with one attached hydrogen (secondary N) is 1. The number of hydrogen-bond donors (Lipinski definition) is 2. The fraction of sp³-hybridized carbons (Fsp3) is 0.368. The van der Waals surface area contributed by atoms with Crippen molar-refractivity contribution in [1.29, 1.82) is 0 Å². The zero-order valence-corrected chi connectivity index (χ0v) is 16.9. The second kappa shape index (κ2) is 9.09. The molecule has 1 fully saturated rings. The summed E-state index contributed by atoms with van der Waals surface area (Å²) in [6, 6.07) is 7.61. The van der Waals surface area contributed by atoms with E-state index in [0.29, 0.717) is 43.4 Å². The van der Waals surface area contributed by atoms with Gasteiger partial charge in [-0.05, 0) is 24.3 Å². The molecule has 10 nitrogen and oxygen atoms in total. The van der Waals surface area contributed by atoms with Crippen LogP contribution >= 0.6 is 0 Å². The third-order valence-corrected chi connectivity index (χ3v) is 4.68. The predicted molar refractivity (Wildman–Crippen MR) is 115 cm³/mol. The van der Waals surface area contributed by atoms with Crippen LogP contribution in [-0.2, 0) is 4.84 Å². The standard InChI is InChI=1S/C19H26N8O2/c1-25(2)15-6-4-14(5-7-15)24-19(28)27-10-8-26(9-11-27)18-16(12-23-29-3)17(20)21-13-22-18/h4-7,12-13H,8-11H2,1-3H3,(H,24,28)(H2,20,21,22). The molecule has 10 heteroatoms. The number of hydrogen-bond acceptors (Lipinski definition) is 8. The lowest BCUT2D eigenvalue weighted by Crippen LogP contribution is -2.50. The maximum atomic E-state index is 12.6. The van der Waals surface area contributed by atoms with E-state index >= 15 is 0 Å². The summed E-state index contributed by atoms with van der Waals surface area (Å²) in [6.07, 6.45) is 2.92. The van der Waals surface area contributed by atoms with E-state index in [1.54, 1.807) is 4.90 Å². The number of anilines is 4. The van der Waals surface area contributed by atoms with Crippen LogP contribution in [0.2, 0.25) is 0 Å². The molecular weight excluding hydrogens is 372 g/mol. The van der Waals surface area contributed by atoms with Crippen molar-refractivity contribution in [3.8, 4) is 0 Å². The molecule has 0 radical (unpaired) electrons. The number of oxime groups is 1. The maximum absolute atomic E-state index is 12.6. The Morgan fingerprint density at radius 2 is 1.90 bits per heavy atom. The molecule has 154 valence electrons. The van der Waals surface area contributed by atoms with Gasteiger partial charge in [-0.25, -0.2) is 14.8 Å². The van der Waals surface area contributed by atoms with Gasteiger partial charge in [0.2, 0.25) is 0 Å². The van der Waals surface area contributed by atoms with Crippen molar-refractivity contribution in [3.05, 3.63) is 36.2 Å². The average molecular weight is 398 g/mol. The van der Waals surface area contributed by atoms with E-state index in [4.69, 9.17) is 10.6 Å². The van der Waals surface area contributed by atoms with Gasteiger partial charge in [0.25, 0.3) is 0 Å². The van der Waals surface area contributed by atoms with E-state index in [1.165, 1.54) is 19.7 Å². The average Bonchev–Trinajstić information content (AvgIpc) is 2.73. The van der Waals surface area contributed by atoms with Crippen LogP contribution in [0.3, 0.4) is 0 Å². The molecule has 2 aromatic rings. The monoisotopic (exact) mass is 398 g/mol. The Morgan fingerprint density at radius 3 is 2.52 bits per heavy atom. The van der Waals surface area contributed by atoms with Crippen molar-refractivity contribution in [1.82, 2.24) is 14.9 Å². The summed E-state index contributed by atoms with van der Waals surface area (Å²) in [5, 5.41) is 6.72. The zero-order valence-electron chi connectivity index (χ0n) is 16.9. The molecule has 2 amide bonds. The molecule has 0 atom stereocenters. The number of aromatic nitrogens is 2. The fourth-order valence-electron chi connectivity index (χ4n) is 3.05. The number of nitrogens with zero attached hydrogens (tertiary/aromatic N) is 6. The summed E-state index contributed by atoms with van der Waals surface area (Å²) >= 11 is 0. The van der Waals surface area contributed by atoms with Crippen LogP contribution in [0.25, 0.3) is 0 Å². The first-order valence-electron chi connectivity index (χ1n) is 9.25. The van der Waals surface area contributed by atoms with Crippen LogP contribution in [0.15, 0.2) is 35.7 Å². The Morgan fingerprint density at radius 1 is 1.21 bits per heavy atom. The molecule has 3 rings (SSSR count).